The molecule has 2 aliphatic rings. The van der Waals surface area contributed by atoms with Crippen molar-refractivity contribution in [1.82, 2.24) is 20.9 Å². The number of hydrogen-bond donors (Lipinski definition) is 3. The van der Waals surface area contributed by atoms with Crippen LogP contribution in [0.3, 0.4) is 0 Å². The Balaban J connectivity index is 0.00000162. The Morgan fingerprint density at radius 3 is 2.72 bits per heavy atom. The van der Waals surface area contributed by atoms with Crippen LogP contribution >= 0.6 is 12.4 Å². The fraction of sp³-hybridized carbons (Fsp3) is 0.818. The van der Waals surface area contributed by atoms with Gasteiger partial charge in [-0.05, 0) is 32.4 Å². The number of hydrogen-bond acceptors (Lipinski definition) is 4. The van der Waals surface area contributed by atoms with E-state index in [4.69, 9.17) is 0 Å². The standard InChI is InChI=1S/C11H20N4O2.ClH/c16-10(14-11(17)13-9-2-3-9)8-15-6-1-4-12-5-7-15;/h9,12H,1-8H2,(H2,13,14,16,17);1H. The van der Waals surface area contributed by atoms with Crippen LogP contribution in [0.1, 0.15) is 19.3 Å². The predicted molar refractivity (Wildman–Crippen MR) is 70.9 cm³/mol. The zero-order valence-corrected chi connectivity index (χ0v) is 11.2. The highest BCUT2D eigenvalue weighted by Crippen LogP contribution is 2.18. The highest BCUT2D eigenvalue weighted by molar-refractivity contribution is 5.95. The van der Waals surface area contributed by atoms with Gasteiger partial charge in [0, 0.05) is 19.1 Å². The minimum atomic E-state index is -0.356. The maximum atomic E-state index is 11.6. The van der Waals surface area contributed by atoms with Crippen LogP contribution in [0, 0.1) is 0 Å². The van der Waals surface area contributed by atoms with Gasteiger partial charge >= 0.3 is 6.03 Å². The lowest BCUT2D eigenvalue weighted by Crippen LogP contribution is -2.45. The molecule has 1 saturated carbocycles. The zero-order chi connectivity index (χ0) is 12.1. The first-order chi connectivity index (χ1) is 8.24. The summed E-state index contributed by atoms with van der Waals surface area (Å²) >= 11 is 0. The molecule has 0 aromatic heterocycles. The number of halogens is 1. The molecule has 0 bridgehead atoms. The number of carbonyl (C=O) groups is 2. The Bertz CT molecular complexity index is 289. The molecular weight excluding hydrogens is 256 g/mol. The smallest absolute Gasteiger partial charge is 0.321 e. The van der Waals surface area contributed by atoms with Gasteiger partial charge in [-0.3, -0.25) is 15.0 Å². The first-order valence-electron chi connectivity index (χ1n) is 6.27. The summed E-state index contributed by atoms with van der Waals surface area (Å²) in [5.74, 6) is -0.218. The molecule has 104 valence electrons. The van der Waals surface area contributed by atoms with Gasteiger partial charge in [0.05, 0.1) is 6.54 Å². The lowest BCUT2D eigenvalue weighted by molar-refractivity contribution is -0.121. The lowest BCUT2D eigenvalue weighted by atomic mass is 10.4. The van der Waals surface area contributed by atoms with E-state index in [1.807, 2.05) is 0 Å². The van der Waals surface area contributed by atoms with Gasteiger partial charge in [0.25, 0.3) is 0 Å². The van der Waals surface area contributed by atoms with Crippen molar-refractivity contribution in [3.63, 3.8) is 0 Å². The number of urea groups is 1. The molecule has 0 atom stereocenters. The highest BCUT2D eigenvalue weighted by atomic mass is 35.5. The second-order valence-corrected chi connectivity index (χ2v) is 4.68. The summed E-state index contributed by atoms with van der Waals surface area (Å²) in [5.41, 5.74) is 0. The first-order valence-corrected chi connectivity index (χ1v) is 6.27. The van der Waals surface area contributed by atoms with Crippen molar-refractivity contribution in [3.8, 4) is 0 Å². The minimum absolute atomic E-state index is 0. The Labute approximate surface area is 113 Å². The van der Waals surface area contributed by atoms with E-state index in [1.54, 1.807) is 0 Å². The molecule has 1 aliphatic heterocycles. The normalized spacial score (nSPS) is 20.4. The van der Waals surface area contributed by atoms with Crippen LogP contribution in [0.4, 0.5) is 4.79 Å². The van der Waals surface area contributed by atoms with Crippen molar-refractivity contribution in [1.29, 1.82) is 0 Å². The SMILES string of the molecule is Cl.O=C(CN1CCCNCC1)NC(=O)NC1CC1. The fourth-order valence-corrected chi connectivity index (χ4v) is 1.88. The van der Waals surface area contributed by atoms with E-state index in [0.29, 0.717) is 6.54 Å². The average molecular weight is 277 g/mol. The van der Waals surface area contributed by atoms with Gasteiger partial charge < -0.3 is 10.6 Å². The summed E-state index contributed by atoms with van der Waals surface area (Å²) in [6, 6.07) is -0.0735. The molecule has 7 heteroatoms. The van der Waals surface area contributed by atoms with Crippen LogP contribution in [-0.4, -0.2) is 55.6 Å². The number of imide groups is 1. The van der Waals surface area contributed by atoms with Crippen molar-refractivity contribution in [2.75, 3.05) is 32.7 Å². The largest absolute Gasteiger partial charge is 0.335 e. The molecule has 0 spiro atoms. The minimum Gasteiger partial charge on any atom is -0.335 e. The van der Waals surface area contributed by atoms with Crippen molar-refractivity contribution in [2.24, 2.45) is 0 Å². The van der Waals surface area contributed by atoms with E-state index in [2.05, 4.69) is 20.9 Å². The molecule has 0 aromatic rings. The monoisotopic (exact) mass is 276 g/mol. The average Bonchev–Trinajstić information content (AvgIpc) is 3.05. The summed E-state index contributed by atoms with van der Waals surface area (Å²) in [6.07, 6.45) is 3.10. The van der Waals surface area contributed by atoms with E-state index in [0.717, 1.165) is 45.4 Å². The maximum Gasteiger partial charge on any atom is 0.321 e. The van der Waals surface area contributed by atoms with Gasteiger partial charge in [0.1, 0.15) is 0 Å². The lowest BCUT2D eigenvalue weighted by Gasteiger charge is -2.18. The van der Waals surface area contributed by atoms with Gasteiger partial charge in [0.15, 0.2) is 0 Å². The number of nitrogens with one attached hydrogen (secondary N) is 3. The topological polar surface area (TPSA) is 73.5 Å². The van der Waals surface area contributed by atoms with Crippen LogP contribution in [-0.2, 0) is 4.79 Å². The molecule has 6 nitrogen and oxygen atoms in total. The summed E-state index contributed by atoms with van der Waals surface area (Å²) in [5, 5.41) is 8.37. The molecule has 1 aliphatic carbocycles. The molecule has 3 N–H and O–H groups in total. The molecule has 3 amide bonds. The van der Waals surface area contributed by atoms with Gasteiger partial charge in [-0.1, -0.05) is 0 Å². The number of rotatable bonds is 3. The Morgan fingerprint density at radius 1 is 1.22 bits per heavy atom. The molecule has 1 heterocycles. The number of carbonyl (C=O) groups excluding carboxylic acids is 2. The van der Waals surface area contributed by atoms with E-state index in [-0.39, 0.29) is 30.4 Å². The third-order valence-corrected chi connectivity index (χ3v) is 2.97. The number of amides is 3. The molecule has 2 fully saturated rings. The molecular formula is C11H21ClN4O2. The number of nitrogens with zero attached hydrogens (tertiary/aromatic N) is 1. The summed E-state index contributed by atoms with van der Waals surface area (Å²) in [4.78, 5) is 25.0. The quantitative estimate of drug-likeness (QED) is 0.661. The van der Waals surface area contributed by atoms with Crippen LogP contribution in [0.2, 0.25) is 0 Å². The molecule has 0 radical (unpaired) electrons. The molecule has 0 unspecified atom stereocenters. The third-order valence-electron chi connectivity index (χ3n) is 2.97. The molecule has 2 rings (SSSR count). The Kier molecular flexibility index (Phi) is 6.38. The van der Waals surface area contributed by atoms with Crippen molar-refractivity contribution >= 4 is 24.3 Å². The van der Waals surface area contributed by atoms with Crippen LogP contribution in [0.25, 0.3) is 0 Å². The van der Waals surface area contributed by atoms with Crippen LogP contribution in [0.5, 0.6) is 0 Å². The second kappa shape index (κ2) is 7.56. The molecule has 1 saturated heterocycles. The first kappa shape index (κ1) is 15.2. The maximum absolute atomic E-state index is 11.6. The van der Waals surface area contributed by atoms with E-state index in [9.17, 15) is 9.59 Å². The third kappa shape index (κ3) is 5.66. The summed E-state index contributed by atoms with van der Waals surface area (Å²) < 4.78 is 0. The van der Waals surface area contributed by atoms with E-state index >= 15 is 0 Å². The second-order valence-electron chi connectivity index (χ2n) is 4.68. The fourth-order valence-electron chi connectivity index (χ4n) is 1.88. The summed E-state index contributed by atoms with van der Waals surface area (Å²) in [7, 11) is 0. The predicted octanol–water partition coefficient (Wildman–Crippen LogP) is -0.308. The Morgan fingerprint density at radius 2 is 2.00 bits per heavy atom. The van der Waals surface area contributed by atoms with E-state index in [1.165, 1.54) is 0 Å². The Hall–Kier alpha value is -0.850. The molecule has 0 aromatic carbocycles. The highest BCUT2D eigenvalue weighted by Gasteiger charge is 2.24. The van der Waals surface area contributed by atoms with Crippen molar-refractivity contribution in [3.05, 3.63) is 0 Å². The van der Waals surface area contributed by atoms with Crippen LogP contribution < -0.4 is 16.0 Å². The van der Waals surface area contributed by atoms with Crippen LogP contribution in [0.15, 0.2) is 0 Å². The van der Waals surface area contributed by atoms with Crippen molar-refractivity contribution in [2.45, 2.75) is 25.3 Å². The van der Waals surface area contributed by atoms with Gasteiger partial charge in [0.2, 0.25) is 5.91 Å². The molecule has 18 heavy (non-hydrogen) atoms. The van der Waals surface area contributed by atoms with Crippen molar-refractivity contribution < 1.29 is 9.59 Å². The zero-order valence-electron chi connectivity index (χ0n) is 10.4. The van der Waals surface area contributed by atoms with Gasteiger partial charge in [-0.25, -0.2) is 4.79 Å². The van der Waals surface area contributed by atoms with Gasteiger partial charge in [-0.2, -0.15) is 0 Å². The summed E-state index contributed by atoms with van der Waals surface area (Å²) in [6.45, 7) is 3.98. The van der Waals surface area contributed by atoms with E-state index < -0.39 is 0 Å². The van der Waals surface area contributed by atoms with Gasteiger partial charge in [-0.15, -0.1) is 12.4 Å².